The van der Waals surface area contributed by atoms with Crippen LogP contribution < -0.4 is 26.1 Å². The standard InChI is InChI=1S/C27H27F3N6O7S/c1-14(33-15-8-16(41-2)10-17(9-15)42-3)32-13-20-18-11-19(26(38)43-4)25(37)35(6-7-44(5,39)40)23(18)21-12-22(27(28,29)30)34-36(21)24(20)31/h8-13,33H,1,6-7,31H2,2-5H3/b32-13-. The number of aryl methyl sites for hydroxylation is 1. The van der Waals surface area contributed by atoms with Crippen LogP contribution in [0.25, 0.3) is 16.4 Å². The van der Waals surface area contributed by atoms with Crippen LogP contribution in [0.5, 0.6) is 11.5 Å². The minimum Gasteiger partial charge on any atom is -0.497 e. The number of halogens is 3. The van der Waals surface area contributed by atoms with Crippen LogP contribution in [-0.4, -0.2) is 68.1 Å². The number of anilines is 2. The average molecular weight is 637 g/mol. The molecule has 44 heavy (non-hydrogen) atoms. The topological polar surface area (TPSA) is 169 Å². The minimum atomic E-state index is -4.89. The number of fused-ring (bicyclic) bond motifs is 3. The lowest BCUT2D eigenvalue weighted by molar-refractivity contribution is -0.141. The molecule has 13 nitrogen and oxygen atoms in total. The Balaban J connectivity index is 2.00. The second kappa shape index (κ2) is 11.9. The van der Waals surface area contributed by atoms with Gasteiger partial charge in [0.15, 0.2) is 5.69 Å². The van der Waals surface area contributed by atoms with Crippen molar-refractivity contribution >= 4 is 49.9 Å². The number of carbonyl (C=O) groups is 1. The molecule has 0 aliphatic heterocycles. The summed E-state index contributed by atoms with van der Waals surface area (Å²) >= 11 is 0. The summed E-state index contributed by atoms with van der Waals surface area (Å²) in [7, 11) is 0.297. The lowest BCUT2D eigenvalue weighted by atomic mass is 10.1. The van der Waals surface area contributed by atoms with Gasteiger partial charge < -0.3 is 29.8 Å². The minimum absolute atomic E-state index is 0.00303. The summed E-state index contributed by atoms with van der Waals surface area (Å²) in [4.78, 5) is 30.2. The first-order chi connectivity index (χ1) is 20.6. The number of nitrogens with two attached hydrogens (primary N) is 1. The molecule has 0 aliphatic rings. The third kappa shape index (κ3) is 6.46. The van der Waals surface area contributed by atoms with Crippen LogP contribution >= 0.6 is 0 Å². The number of methoxy groups -OCH3 is 3. The summed E-state index contributed by atoms with van der Waals surface area (Å²) in [5, 5.41) is 6.52. The smallest absolute Gasteiger partial charge is 0.435 e. The van der Waals surface area contributed by atoms with Crippen molar-refractivity contribution in [3.8, 4) is 11.5 Å². The summed E-state index contributed by atoms with van der Waals surface area (Å²) in [6.45, 7) is 3.33. The predicted molar refractivity (Wildman–Crippen MR) is 157 cm³/mol. The zero-order valence-corrected chi connectivity index (χ0v) is 24.7. The number of nitrogens with one attached hydrogen (secondary N) is 1. The van der Waals surface area contributed by atoms with Crippen molar-refractivity contribution in [2.24, 2.45) is 4.99 Å². The Morgan fingerprint density at radius 3 is 2.32 bits per heavy atom. The van der Waals surface area contributed by atoms with Crippen LogP contribution in [0, 0.1) is 0 Å². The van der Waals surface area contributed by atoms with Crippen molar-refractivity contribution in [1.82, 2.24) is 14.2 Å². The first-order valence-corrected chi connectivity index (χ1v) is 14.6. The SMILES string of the molecule is C=C(/N=C\c1c(N)n2nc(C(F)(F)F)cc2c2c1cc(C(=O)OC)c(=O)n2CCS(C)(=O)=O)Nc1cc(OC)cc(OC)c1. The summed E-state index contributed by atoms with van der Waals surface area (Å²) in [6.07, 6.45) is -2.81. The molecule has 1 aromatic carbocycles. The fourth-order valence-electron chi connectivity index (χ4n) is 4.36. The van der Waals surface area contributed by atoms with Gasteiger partial charge in [-0.25, -0.2) is 22.7 Å². The van der Waals surface area contributed by atoms with Gasteiger partial charge in [0.05, 0.1) is 38.1 Å². The molecule has 3 N–H and O–H groups in total. The maximum atomic E-state index is 13.7. The quantitative estimate of drug-likeness (QED) is 0.195. The largest absolute Gasteiger partial charge is 0.497 e. The van der Waals surface area contributed by atoms with Gasteiger partial charge in [0.2, 0.25) is 0 Å². The molecule has 0 radical (unpaired) electrons. The Morgan fingerprint density at radius 2 is 1.77 bits per heavy atom. The fourth-order valence-corrected chi connectivity index (χ4v) is 4.87. The molecule has 0 fully saturated rings. The molecule has 17 heteroatoms. The molecule has 3 heterocycles. The van der Waals surface area contributed by atoms with Crippen molar-refractivity contribution < 1.29 is 40.6 Å². The molecule has 0 atom stereocenters. The Hall–Kier alpha value is -5.06. The number of sulfone groups is 1. The molecule has 0 spiro atoms. The number of pyridine rings is 2. The third-order valence-corrected chi connectivity index (χ3v) is 7.33. The number of aliphatic imine (C=N–C) groups is 1. The molecular formula is C27H27F3N6O7S. The van der Waals surface area contributed by atoms with Gasteiger partial charge in [-0.3, -0.25) is 4.79 Å². The van der Waals surface area contributed by atoms with E-state index in [-0.39, 0.29) is 33.6 Å². The van der Waals surface area contributed by atoms with Crippen LogP contribution in [-0.2, 0) is 27.3 Å². The second-order valence-corrected chi connectivity index (χ2v) is 11.7. The number of nitrogens with zero attached hydrogens (tertiary/aromatic N) is 4. The molecule has 0 bridgehead atoms. The third-order valence-electron chi connectivity index (χ3n) is 6.41. The summed E-state index contributed by atoms with van der Waals surface area (Å²) in [5.74, 6) is -0.988. The highest BCUT2D eigenvalue weighted by molar-refractivity contribution is 7.90. The first-order valence-electron chi connectivity index (χ1n) is 12.5. The highest BCUT2D eigenvalue weighted by Crippen LogP contribution is 2.34. The number of rotatable bonds is 10. The summed E-state index contributed by atoms with van der Waals surface area (Å²) < 4.78 is 82.1. The maximum Gasteiger partial charge on any atom is 0.435 e. The zero-order chi connectivity index (χ0) is 32.6. The van der Waals surface area contributed by atoms with Gasteiger partial charge in [-0.1, -0.05) is 6.58 Å². The molecule has 4 rings (SSSR count). The maximum absolute atomic E-state index is 13.7. The van der Waals surface area contributed by atoms with E-state index < -0.39 is 51.1 Å². The molecule has 0 saturated heterocycles. The van der Waals surface area contributed by atoms with E-state index in [0.29, 0.717) is 23.3 Å². The van der Waals surface area contributed by atoms with Crippen molar-refractivity contribution in [3.05, 3.63) is 69.9 Å². The van der Waals surface area contributed by atoms with E-state index in [4.69, 9.17) is 19.9 Å². The van der Waals surface area contributed by atoms with E-state index in [1.54, 1.807) is 18.2 Å². The van der Waals surface area contributed by atoms with E-state index >= 15 is 0 Å². The number of benzene rings is 1. The Kier molecular flexibility index (Phi) is 8.62. The van der Waals surface area contributed by atoms with E-state index in [2.05, 4.69) is 22.0 Å². The number of ether oxygens (including phenoxy) is 3. The lowest BCUT2D eigenvalue weighted by Crippen LogP contribution is -2.30. The van der Waals surface area contributed by atoms with Crippen molar-refractivity contribution in [3.63, 3.8) is 0 Å². The van der Waals surface area contributed by atoms with E-state index in [1.807, 2.05) is 0 Å². The molecule has 234 valence electrons. The average Bonchev–Trinajstić information content (AvgIpc) is 3.42. The van der Waals surface area contributed by atoms with Crippen molar-refractivity contribution in [2.45, 2.75) is 12.7 Å². The second-order valence-electron chi connectivity index (χ2n) is 9.45. The van der Waals surface area contributed by atoms with Gasteiger partial charge in [-0.15, -0.1) is 0 Å². The number of aromatic nitrogens is 3. The zero-order valence-electron chi connectivity index (χ0n) is 23.9. The van der Waals surface area contributed by atoms with Crippen LogP contribution in [0.4, 0.5) is 24.7 Å². The predicted octanol–water partition coefficient (Wildman–Crippen LogP) is 3.10. The number of carbonyl (C=O) groups excluding carboxylic acids is 1. The van der Waals surface area contributed by atoms with Gasteiger partial charge in [0.1, 0.15) is 38.5 Å². The highest BCUT2D eigenvalue weighted by atomic mass is 32.2. The molecular weight excluding hydrogens is 609 g/mol. The Morgan fingerprint density at radius 1 is 1.14 bits per heavy atom. The molecule has 3 aromatic heterocycles. The van der Waals surface area contributed by atoms with Gasteiger partial charge in [-0.2, -0.15) is 18.3 Å². The fraction of sp³-hybridized carbons (Fsp3) is 0.259. The van der Waals surface area contributed by atoms with E-state index in [9.17, 15) is 31.2 Å². The first kappa shape index (κ1) is 31.9. The van der Waals surface area contributed by atoms with Gasteiger partial charge in [0.25, 0.3) is 5.56 Å². The molecule has 4 aromatic rings. The number of esters is 1. The number of hydrogen-bond acceptors (Lipinski definition) is 11. The Labute approximate surface area is 248 Å². The van der Waals surface area contributed by atoms with Gasteiger partial charge in [-0.05, 0) is 12.1 Å². The van der Waals surface area contributed by atoms with Crippen LogP contribution in [0.1, 0.15) is 21.6 Å². The Bertz CT molecular complexity index is 1980. The number of nitrogen functional groups attached to an aromatic ring is 1. The molecule has 0 saturated carbocycles. The van der Waals surface area contributed by atoms with Gasteiger partial charge in [0, 0.05) is 53.9 Å². The van der Waals surface area contributed by atoms with E-state index in [0.717, 1.165) is 34.7 Å². The monoisotopic (exact) mass is 636 g/mol. The normalized spacial score (nSPS) is 12.2. The summed E-state index contributed by atoms with van der Waals surface area (Å²) in [5.41, 5.74) is 3.48. The highest BCUT2D eigenvalue weighted by Gasteiger charge is 2.35. The molecule has 0 unspecified atom stereocenters. The van der Waals surface area contributed by atoms with Crippen LogP contribution in [0.2, 0.25) is 0 Å². The molecule has 0 aliphatic carbocycles. The van der Waals surface area contributed by atoms with Crippen molar-refractivity contribution in [2.75, 3.05) is 44.4 Å². The van der Waals surface area contributed by atoms with Gasteiger partial charge >= 0.3 is 12.1 Å². The number of hydrogen-bond donors (Lipinski definition) is 2. The summed E-state index contributed by atoms with van der Waals surface area (Å²) in [6, 6.07) is 6.67. The van der Waals surface area contributed by atoms with Crippen LogP contribution in [0.15, 0.2) is 52.5 Å². The lowest BCUT2D eigenvalue weighted by Gasteiger charge is -2.16. The number of alkyl halides is 3. The van der Waals surface area contributed by atoms with Crippen LogP contribution in [0.3, 0.4) is 0 Å². The van der Waals surface area contributed by atoms with E-state index in [1.165, 1.54) is 14.2 Å². The van der Waals surface area contributed by atoms with Crippen molar-refractivity contribution in [1.29, 1.82) is 0 Å². The molecule has 0 amide bonds.